The van der Waals surface area contributed by atoms with E-state index in [4.69, 9.17) is 4.74 Å². The summed E-state index contributed by atoms with van der Waals surface area (Å²) >= 11 is 1.54. The third-order valence-electron chi connectivity index (χ3n) is 7.55. The lowest BCUT2D eigenvalue weighted by Gasteiger charge is -2.38. The minimum Gasteiger partial charge on any atom is -0.486 e. The molecule has 1 aliphatic heterocycles. The number of amides is 2. The standard InChI is InChI=1S/C33H36N4O4S/c1-22-18-37(23(2)21-38)33(40)27-10-7-11-28(30(27)41-29(22)20-36(3)19-24-8-5-4-6-9-24)35-31(39)25-12-14-26(15-13-25)32-34-16-17-42-32/h4-17,22-23,29,38H,18-21H2,1-3H3,(H,35,39)/t22-,23+,29-/m1/s1. The molecule has 0 unspecified atom stereocenters. The van der Waals surface area contributed by atoms with Crippen molar-refractivity contribution in [2.75, 3.05) is 32.1 Å². The molecular weight excluding hydrogens is 548 g/mol. The molecule has 8 nitrogen and oxygen atoms in total. The molecule has 2 N–H and O–H groups in total. The first-order valence-electron chi connectivity index (χ1n) is 14.1. The number of nitrogens with one attached hydrogen (secondary N) is 1. The highest BCUT2D eigenvalue weighted by Crippen LogP contribution is 2.35. The topological polar surface area (TPSA) is 95.0 Å². The molecule has 5 rings (SSSR count). The van der Waals surface area contributed by atoms with Crippen LogP contribution in [0.25, 0.3) is 10.6 Å². The fraction of sp³-hybridized carbons (Fsp3) is 0.303. The van der Waals surface area contributed by atoms with Gasteiger partial charge in [-0.15, -0.1) is 11.3 Å². The Morgan fingerprint density at radius 3 is 2.60 bits per heavy atom. The summed E-state index contributed by atoms with van der Waals surface area (Å²) in [6, 6.07) is 22.3. The number of aliphatic hydroxyl groups excluding tert-OH is 1. The molecule has 9 heteroatoms. The van der Waals surface area contributed by atoms with Crippen molar-refractivity contribution >= 4 is 28.8 Å². The number of aromatic nitrogens is 1. The van der Waals surface area contributed by atoms with Gasteiger partial charge in [0.15, 0.2) is 5.75 Å². The third kappa shape index (κ3) is 6.70. The molecular formula is C33H36N4O4S. The molecule has 0 saturated carbocycles. The summed E-state index contributed by atoms with van der Waals surface area (Å²) in [7, 11) is 2.05. The SMILES string of the molecule is C[C@@H]1CN([C@@H](C)CO)C(=O)c2cccc(NC(=O)c3ccc(-c4nccs4)cc3)c2O[C@@H]1CN(C)Cc1ccccc1. The van der Waals surface area contributed by atoms with Crippen LogP contribution < -0.4 is 10.1 Å². The van der Waals surface area contributed by atoms with E-state index in [0.29, 0.717) is 35.7 Å². The summed E-state index contributed by atoms with van der Waals surface area (Å²) in [5.41, 5.74) is 3.40. The van der Waals surface area contributed by atoms with Crippen LogP contribution in [0.3, 0.4) is 0 Å². The Labute approximate surface area is 250 Å². The van der Waals surface area contributed by atoms with Crippen LogP contribution in [0.1, 0.15) is 40.1 Å². The molecule has 0 aliphatic carbocycles. The van der Waals surface area contributed by atoms with Crippen molar-refractivity contribution in [1.29, 1.82) is 0 Å². The average molecular weight is 585 g/mol. The summed E-state index contributed by atoms with van der Waals surface area (Å²) in [6.07, 6.45) is 1.47. The molecule has 3 aromatic carbocycles. The van der Waals surface area contributed by atoms with Gasteiger partial charge in [-0.05, 0) is 43.8 Å². The number of benzene rings is 3. The van der Waals surface area contributed by atoms with Crippen LogP contribution in [-0.2, 0) is 6.54 Å². The van der Waals surface area contributed by atoms with Crippen molar-refractivity contribution in [3.05, 3.63) is 101 Å². The van der Waals surface area contributed by atoms with Crippen LogP contribution in [-0.4, -0.2) is 70.6 Å². The van der Waals surface area contributed by atoms with Gasteiger partial charge in [-0.1, -0.05) is 55.5 Å². The van der Waals surface area contributed by atoms with Gasteiger partial charge in [0, 0.05) is 48.3 Å². The number of anilines is 1. The summed E-state index contributed by atoms with van der Waals surface area (Å²) in [4.78, 5) is 35.4. The van der Waals surface area contributed by atoms with Gasteiger partial charge in [-0.3, -0.25) is 14.5 Å². The van der Waals surface area contributed by atoms with Crippen LogP contribution in [0.2, 0.25) is 0 Å². The van der Waals surface area contributed by atoms with Gasteiger partial charge in [0.2, 0.25) is 0 Å². The molecule has 1 aliphatic rings. The second-order valence-corrected chi connectivity index (χ2v) is 11.8. The van der Waals surface area contributed by atoms with Crippen molar-refractivity contribution in [2.45, 2.75) is 32.5 Å². The number of hydrogen-bond acceptors (Lipinski definition) is 7. The van der Waals surface area contributed by atoms with Gasteiger partial charge in [0.05, 0.1) is 23.9 Å². The monoisotopic (exact) mass is 584 g/mol. The highest BCUT2D eigenvalue weighted by molar-refractivity contribution is 7.13. The average Bonchev–Trinajstić information content (AvgIpc) is 3.55. The minimum absolute atomic E-state index is 0.0449. The zero-order valence-corrected chi connectivity index (χ0v) is 24.9. The Morgan fingerprint density at radius 2 is 1.90 bits per heavy atom. The number of carbonyl (C=O) groups excluding carboxylic acids is 2. The van der Waals surface area contributed by atoms with Gasteiger partial charge in [-0.2, -0.15) is 0 Å². The third-order valence-corrected chi connectivity index (χ3v) is 8.37. The lowest BCUT2D eigenvalue weighted by Crippen LogP contribution is -2.49. The number of para-hydroxylation sites is 1. The molecule has 4 aromatic rings. The largest absolute Gasteiger partial charge is 0.486 e. The highest BCUT2D eigenvalue weighted by atomic mass is 32.1. The Hall–Kier alpha value is -4.05. The van der Waals surface area contributed by atoms with Gasteiger partial charge >= 0.3 is 0 Å². The number of likely N-dealkylation sites (N-methyl/N-ethyl adjacent to an activating group) is 1. The van der Waals surface area contributed by atoms with E-state index < -0.39 is 0 Å². The molecule has 1 aromatic heterocycles. The number of fused-ring (bicyclic) bond motifs is 1. The smallest absolute Gasteiger partial charge is 0.258 e. The molecule has 2 amide bonds. The second-order valence-electron chi connectivity index (χ2n) is 10.9. The van der Waals surface area contributed by atoms with Crippen LogP contribution >= 0.6 is 11.3 Å². The number of rotatable bonds is 9. The van der Waals surface area contributed by atoms with Crippen molar-refractivity contribution in [2.24, 2.45) is 5.92 Å². The van der Waals surface area contributed by atoms with Gasteiger partial charge in [0.1, 0.15) is 11.1 Å². The number of carbonyl (C=O) groups is 2. The number of ether oxygens (including phenoxy) is 1. The summed E-state index contributed by atoms with van der Waals surface area (Å²) in [6.45, 7) is 5.52. The van der Waals surface area contributed by atoms with Crippen molar-refractivity contribution in [3.8, 4) is 16.3 Å². The first-order valence-corrected chi connectivity index (χ1v) is 15.0. The highest BCUT2D eigenvalue weighted by Gasteiger charge is 2.34. The zero-order valence-electron chi connectivity index (χ0n) is 24.1. The molecule has 0 fully saturated rings. The summed E-state index contributed by atoms with van der Waals surface area (Å²) in [5.74, 6) is -0.247. The van der Waals surface area contributed by atoms with Gasteiger partial charge < -0.3 is 20.1 Å². The lowest BCUT2D eigenvalue weighted by molar-refractivity contribution is 0.0343. The quantitative estimate of drug-likeness (QED) is 0.273. The Bertz CT molecular complexity index is 1490. The molecule has 0 saturated heterocycles. The van der Waals surface area contributed by atoms with Crippen LogP contribution in [0.4, 0.5) is 5.69 Å². The number of thiazole rings is 1. The normalized spacial score (nSPS) is 17.6. The first kappa shape index (κ1) is 29.4. The Morgan fingerprint density at radius 1 is 1.14 bits per heavy atom. The summed E-state index contributed by atoms with van der Waals surface area (Å²) < 4.78 is 6.65. The fourth-order valence-corrected chi connectivity index (χ4v) is 5.80. The van der Waals surface area contributed by atoms with Gasteiger partial charge in [0.25, 0.3) is 11.8 Å². The maximum Gasteiger partial charge on any atom is 0.258 e. The van der Waals surface area contributed by atoms with E-state index in [0.717, 1.165) is 17.1 Å². The number of aliphatic hydroxyl groups is 1. The second kappa shape index (κ2) is 13.3. The lowest BCUT2D eigenvalue weighted by atomic mass is 9.98. The van der Waals surface area contributed by atoms with E-state index >= 15 is 0 Å². The number of hydrogen-bond donors (Lipinski definition) is 2. The zero-order chi connectivity index (χ0) is 29.6. The Balaban J connectivity index is 1.43. The predicted octanol–water partition coefficient (Wildman–Crippen LogP) is 5.41. The summed E-state index contributed by atoms with van der Waals surface area (Å²) in [5, 5.41) is 15.7. The maximum absolute atomic E-state index is 13.8. The maximum atomic E-state index is 13.8. The van der Waals surface area contributed by atoms with Crippen LogP contribution in [0.15, 0.2) is 84.4 Å². The van der Waals surface area contributed by atoms with E-state index in [-0.39, 0.29) is 36.5 Å². The van der Waals surface area contributed by atoms with Crippen molar-refractivity contribution in [3.63, 3.8) is 0 Å². The minimum atomic E-state index is -0.372. The molecule has 2 heterocycles. The van der Waals surface area contributed by atoms with Crippen LogP contribution in [0, 0.1) is 5.92 Å². The first-order chi connectivity index (χ1) is 20.3. The van der Waals surface area contributed by atoms with E-state index in [1.165, 1.54) is 16.9 Å². The van der Waals surface area contributed by atoms with E-state index in [9.17, 15) is 14.7 Å². The van der Waals surface area contributed by atoms with Crippen LogP contribution in [0.5, 0.6) is 5.75 Å². The molecule has 42 heavy (non-hydrogen) atoms. The fourth-order valence-electron chi connectivity index (χ4n) is 5.15. The molecule has 3 atom stereocenters. The molecule has 0 bridgehead atoms. The Kier molecular flexibility index (Phi) is 9.31. The molecule has 0 spiro atoms. The van der Waals surface area contributed by atoms with E-state index in [1.807, 2.05) is 49.7 Å². The predicted molar refractivity (Wildman–Crippen MR) is 166 cm³/mol. The van der Waals surface area contributed by atoms with Crippen molar-refractivity contribution in [1.82, 2.24) is 14.8 Å². The van der Waals surface area contributed by atoms with Crippen molar-refractivity contribution < 1.29 is 19.4 Å². The molecule has 218 valence electrons. The van der Waals surface area contributed by atoms with Gasteiger partial charge in [-0.25, -0.2) is 4.98 Å². The van der Waals surface area contributed by atoms with E-state index in [1.54, 1.807) is 41.4 Å². The number of nitrogens with zero attached hydrogens (tertiary/aromatic N) is 3. The molecule has 0 radical (unpaired) electrons. The van der Waals surface area contributed by atoms with E-state index in [2.05, 4.69) is 34.3 Å².